The summed E-state index contributed by atoms with van der Waals surface area (Å²) in [6.45, 7) is 2.51. The maximum absolute atomic E-state index is 13.4. The molecule has 0 saturated heterocycles. The molecule has 0 aliphatic heterocycles. The van der Waals surface area contributed by atoms with Crippen LogP contribution in [0.2, 0.25) is 0 Å². The Bertz CT molecular complexity index is 1030. The molecule has 1 fully saturated rings. The van der Waals surface area contributed by atoms with Crippen molar-refractivity contribution in [1.29, 1.82) is 0 Å². The number of aromatic nitrogens is 2. The Morgan fingerprint density at radius 3 is 2.55 bits per heavy atom. The zero-order chi connectivity index (χ0) is 20.5. The van der Waals surface area contributed by atoms with Gasteiger partial charge >= 0.3 is 0 Å². The number of carbonyl (C=O) groups excluding carboxylic acids is 1. The molecule has 1 saturated carbocycles. The van der Waals surface area contributed by atoms with Gasteiger partial charge in [-0.15, -0.1) is 0 Å². The first-order valence-electron chi connectivity index (χ1n) is 9.82. The summed E-state index contributed by atoms with van der Waals surface area (Å²) < 4.78 is 28.9. The summed E-state index contributed by atoms with van der Waals surface area (Å²) in [6, 6.07) is 8.28. The lowest BCUT2D eigenvalue weighted by molar-refractivity contribution is 0.0940. The molecule has 2 N–H and O–H groups in total. The van der Waals surface area contributed by atoms with Crippen LogP contribution >= 0.6 is 0 Å². The van der Waals surface area contributed by atoms with Gasteiger partial charge < -0.3 is 10.4 Å². The van der Waals surface area contributed by atoms with E-state index >= 15 is 0 Å². The van der Waals surface area contributed by atoms with Crippen LogP contribution in [0.1, 0.15) is 47.6 Å². The quantitative estimate of drug-likeness (QED) is 0.679. The standard InChI is InChI=1S/C22H23F2N3O2/c1-13-2-5-15-12-27(26-20(15)8-13)17-6-3-14(4-7-17)11-25-22(29)16-9-18(23)21(28)19(24)10-16/h2,5,8-10,12,14,17,28H,3-4,6-7,11H2,1H3,(H,25,29). The van der Waals surface area contributed by atoms with E-state index in [0.717, 1.165) is 48.7 Å². The minimum atomic E-state index is -1.14. The van der Waals surface area contributed by atoms with Crippen molar-refractivity contribution < 1.29 is 18.7 Å². The van der Waals surface area contributed by atoms with E-state index < -0.39 is 23.3 Å². The van der Waals surface area contributed by atoms with Gasteiger partial charge in [-0.25, -0.2) is 8.78 Å². The van der Waals surface area contributed by atoms with Crippen LogP contribution in [0, 0.1) is 24.5 Å². The number of rotatable bonds is 4. The molecule has 1 heterocycles. The number of amides is 1. The van der Waals surface area contributed by atoms with Gasteiger partial charge in [-0.3, -0.25) is 9.48 Å². The van der Waals surface area contributed by atoms with Gasteiger partial charge in [0.1, 0.15) is 0 Å². The molecular weight excluding hydrogens is 376 g/mol. The Balaban J connectivity index is 1.32. The van der Waals surface area contributed by atoms with Crippen molar-refractivity contribution in [2.75, 3.05) is 6.54 Å². The Morgan fingerprint density at radius 2 is 1.86 bits per heavy atom. The Kier molecular flexibility index (Phi) is 5.22. The number of hydrogen-bond donors (Lipinski definition) is 2. The molecule has 5 nitrogen and oxygen atoms in total. The number of carbonyl (C=O) groups is 1. The summed E-state index contributed by atoms with van der Waals surface area (Å²) in [6.07, 6.45) is 5.92. The first-order chi connectivity index (χ1) is 13.9. The summed E-state index contributed by atoms with van der Waals surface area (Å²) in [7, 11) is 0. The second-order valence-electron chi connectivity index (χ2n) is 7.84. The Hall–Kier alpha value is -2.96. The monoisotopic (exact) mass is 399 g/mol. The van der Waals surface area contributed by atoms with Crippen molar-refractivity contribution in [3.05, 3.63) is 59.3 Å². The van der Waals surface area contributed by atoms with Crippen molar-refractivity contribution in [3.63, 3.8) is 0 Å². The largest absolute Gasteiger partial charge is 0.503 e. The number of nitrogens with zero attached hydrogens (tertiary/aromatic N) is 2. The lowest BCUT2D eigenvalue weighted by Gasteiger charge is -2.28. The molecule has 3 aromatic rings. The number of hydrogen-bond acceptors (Lipinski definition) is 3. The molecule has 29 heavy (non-hydrogen) atoms. The summed E-state index contributed by atoms with van der Waals surface area (Å²) in [5.41, 5.74) is 2.06. The molecule has 1 aliphatic carbocycles. The van der Waals surface area contributed by atoms with Crippen LogP contribution in [-0.4, -0.2) is 27.3 Å². The number of aryl methyl sites for hydroxylation is 1. The fourth-order valence-corrected chi connectivity index (χ4v) is 3.98. The molecular formula is C22H23F2N3O2. The molecule has 0 bridgehead atoms. The van der Waals surface area contributed by atoms with Crippen LogP contribution < -0.4 is 5.32 Å². The van der Waals surface area contributed by atoms with Crippen LogP contribution in [0.5, 0.6) is 5.75 Å². The summed E-state index contributed by atoms with van der Waals surface area (Å²) >= 11 is 0. The maximum atomic E-state index is 13.4. The maximum Gasteiger partial charge on any atom is 0.251 e. The molecule has 1 amide bonds. The van der Waals surface area contributed by atoms with Gasteiger partial charge in [0.05, 0.1) is 11.6 Å². The molecule has 152 valence electrons. The van der Waals surface area contributed by atoms with Crippen molar-refractivity contribution >= 4 is 16.8 Å². The molecule has 7 heteroatoms. The summed E-state index contributed by atoms with van der Waals surface area (Å²) in [5, 5.41) is 17.7. The zero-order valence-electron chi connectivity index (χ0n) is 16.2. The van der Waals surface area contributed by atoms with Crippen molar-refractivity contribution in [3.8, 4) is 5.75 Å². The topological polar surface area (TPSA) is 67.2 Å². The van der Waals surface area contributed by atoms with Crippen LogP contribution in [0.3, 0.4) is 0 Å². The van der Waals surface area contributed by atoms with Gasteiger partial charge in [0.2, 0.25) is 0 Å². The number of aromatic hydroxyl groups is 1. The van der Waals surface area contributed by atoms with E-state index in [1.807, 2.05) is 0 Å². The predicted molar refractivity (Wildman–Crippen MR) is 106 cm³/mol. The van der Waals surface area contributed by atoms with Gasteiger partial charge in [-0.05, 0) is 62.3 Å². The minimum absolute atomic E-state index is 0.134. The van der Waals surface area contributed by atoms with Gasteiger partial charge in [0, 0.05) is 23.7 Å². The number of phenols is 1. The van der Waals surface area contributed by atoms with E-state index in [9.17, 15) is 13.6 Å². The summed E-state index contributed by atoms with van der Waals surface area (Å²) in [4.78, 5) is 12.2. The van der Waals surface area contributed by atoms with Crippen LogP contribution in [-0.2, 0) is 0 Å². The SMILES string of the molecule is Cc1ccc2cn(C3CCC(CNC(=O)c4cc(F)c(O)c(F)c4)CC3)nc2c1. The number of nitrogens with one attached hydrogen (secondary N) is 1. The number of fused-ring (bicyclic) bond motifs is 1. The third-order valence-electron chi connectivity index (χ3n) is 5.70. The molecule has 2 aromatic carbocycles. The highest BCUT2D eigenvalue weighted by molar-refractivity contribution is 5.94. The second kappa shape index (κ2) is 7.81. The third-order valence-corrected chi connectivity index (χ3v) is 5.70. The van der Waals surface area contributed by atoms with E-state index in [0.29, 0.717) is 18.5 Å². The highest BCUT2D eigenvalue weighted by Crippen LogP contribution is 2.32. The molecule has 0 radical (unpaired) electrons. The molecule has 1 aromatic heterocycles. The van der Waals surface area contributed by atoms with Crippen molar-refractivity contribution in [2.45, 2.75) is 38.6 Å². The minimum Gasteiger partial charge on any atom is -0.503 e. The highest BCUT2D eigenvalue weighted by Gasteiger charge is 2.24. The van der Waals surface area contributed by atoms with Crippen molar-refractivity contribution in [1.82, 2.24) is 15.1 Å². The van der Waals surface area contributed by atoms with E-state index in [1.54, 1.807) is 0 Å². The van der Waals surface area contributed by atoms with E-state index in [4.69, 9.17) is 10.2 Å². The predicted octanol–water partition coefficient (Wildman–Crippen LogP) is 4.49. The molecule has 0 spiro atoms. The first-order valence-corrected chi connectivity index (χ1v) is 9.82. The average molecular weight is 399 g/mol. The molecule has 1 aliphatic rings. The van der Waals surface area contributed by atoms with Gasteiger partial charge in [-0.1, -0.05) is 12.1 Å². The van der Waals surface area contributed by atoms with Crippen LogP contribution in [0.15, 0.2) is 36.5 Å². The number of benzene rings is 2. The second-order valence-corrected chi connectivity index (χ2v) is 7.84. The summed E-state index contributed by atoms with van der Waals surface area (Å²) in [5.74, 6) is -3.58. The fourth-order valence-electron chi connectivity index (χ4n) is 3.98. The zero-order valence-corrected chi connectivity index (χ0v) is 16.2. The lowest BCUT2D eigenvalue weighted by atomic mass is 9.86. The number of halogens is 2. The van der Waals surface area contributed by atoms with Gasteiger partial charge in [0.15, 0.2) is 17.4 Å². The van der Waals surface area contributed by atoms with E-state index in [1.165, 1.54) is 5.56 Å². The van der Waals surface area contributed by atoms with E-state index in [2.05, 4.69) is 41.3 Å². The third kappa shape index (κ3) is 4.09. The van der Waals surface area contributed by atoms with Gasteiger partial charge in [-0.2, -0.15) is 5.10 Å². The normalized spacial score (nSPS) is 19.4. The first kappa shape index (κ1) is 19.4. The molecule has 0 unspecified atom stereocenters. The highest BCUT2D eigenvalue weighted by atomic mass is 19.1. The van der Waals surface area contributed by atoms with Crippen LogP contribution in [0.25, 0.3) is 10.9 Å². The lowest BCUT2D eigenvalue weighted by Crippen LogP contribution is -2.31. The van der Waals surface area contributed by atoms with Gasteiger partial charge in [0.25, 0.3) is 5.91 Å². The average Bonchev–Trinajstić information content (AvgIpc) is 3.13. The molecule has 0 atom stereocenters. The Labute approximate surface area is 167 Å². The smallest absolute Gasteiger partial charge is 0.251 e. The van der Waals surface area contributed by atoms with Crippen molar-refractivity contribution in [2.24, 2.45) is 5.92 Å². The molecule has 4 rings (SSSR count). The Morgan fingerprint density at radius 1 is 1.17 bits per heavy atom. The van der Waals surface area contributed by atoms with E-state index in [-0.39, 0.29) is 5.56 Å². The number of phenolic OH excluding ortho intramolecular Hbond substituents is 1. The van der Waals surface area contributed by atoms with Crippen LogP contribution in [0.4, 0.5) is 8.78 Å². The fraction of sp³-hybridized carbons (Fsp3) is 0.364.